The molecule has 3 heterocycles. The smallest absolute Gasteiger partial charge is 0.399 e. The SMILES string of the molecule is CC1(C)OB(c2ccc3c(c2)c2cc(-c4ccccc4)ccc2c2nc4ccccc4n32)OC1(C)C. The van der Waals surface area contributed by atoms with E-state index in [1.54, 1.807) is 0 Å². The Morgan fingerprint density at radius 3 is 2.14 bits per heavy atom. The highest BCUT2D eigenvalue weighted by molar-refractivity contribution is 6.62. The molecule has 1 saturated heterocycles. The van der Waals surface area contributed by atoms with Gasteiger partial charge in [0.15, 0.2) is 0 Å². The average Bonchev–Trinajstić information content (AvgIpc) is 3.38. The lowest BCUT2D eigenvalue weighted by Gasteiger charge is -2.32. The number of hydrogen-bond acceptors (Lipinski definition) is 3. The Bertz CT molecular complexity index is 1790. The van der Waals surface area contributed by atoms with Crippen molar-refractivity contribution in [3.05, 3.63) is 91.0 Å². The van der Waals surface area contributed by atoms with Crippen LogP contribution in [0.1, 0.15) is 27.7 Å². The summed E-state index contributed by atoms with van der Waals surface area (Å²) in [4.78, 5) is 5.05. The number of para-hydroxylation sites is 2. The van der Waals surface area contributed by atoms with Gasteiger partial charge in [0.2, 0.25) is 0 Å². The summed E-state index contributed by atoms with van der Waals surface area (Å²) in [6, 6.07) is 32.1. The van der Waals surface area contributed by atoms with Crippen molar-refractivity contribution in [1.29, 1.82) is 0 Å². The van der Waals surface area contributed by atoms with Crippen LogP contribution >= 0.6 is 0 Å². The molecule has 0 saturated carbocycles. The van der Waals surface area contributed by atoms with Crippen molar-refractivity contribution in [2.45, 2.75) is 38.9 Å². The number of hydrogen-bond donors (Lipinski definition) is 0. The molecular formula is C31H27BN2O2. The van der Waals surface area contributed by atoms with E-state index in [1.165, 1.54) is 16.5 Å². The molecule has 1 aliphatic rings. The first-order valence-electron chi connectivity index (χ1n) is 12.5. The van der Waals surface area contributed by atoms with E-state index in [4.69, 9.17) is 14.3 Å². The van der Waals surface area contributed by atoms with Crippen LogP contribution in [0.4, 0.5) is 0 Å². The van der Waals surface area contributed by atoms with Crippen molar-refractivity contribution in [3.8, 4) is 11.1 Å². The highest BCUT2D eigenvalue weighted by Crippen LogP contribution is 2.38. The minimum Gasteiger partial charge on any atom is -0.399 e. The van der Waals surface area contributed by atoms with Gasteiger partial charge in [-0.3, -0.25) is 4.40 Å². The monoisotopic (exact) mass is 470 g/mol. The molecule has 0 aliphatic carbocycles. The zero-order valence-electron chi connectivity index (χ0n) is 20.9. The van der Waals surface area contributed by atoms with Crippen molar-refractivity contribution < 1.29 is 9.31 Å². The molecule has 0 bridgehead atoms. The fourth-order valence-electron chi connectivity index (χ4n) is 5.31. The minimum absolute atomic E-state index is 0.389. The largest absolute Gasteiger partial charge is 0.494 e. The lowest BCUT2D eigenvalue weighted by molar-refractivity contribution is 0.00578. The molecule has 6 aromatic rings. The molecule has 1 fully saturated rings. The molecule has 0 amide bonds. The van der Waals surface area contributed by atoms with Gasteiger partial charge >= 0.3 is 7.12 Å². The standard InChI is InChI=1S/C31H27BN2O2/c1-30(2)31(3,4)36-32(35-30)22-15-17-27-25(19-22)24-18-21(20-10-6-5-7-11-20)14-16-23(24)29-33-26-12-8-9-13-28(26)34(27)29/h5-19H,1-4H3. The molecule has 7 rings (SSSR count). The second-order valence-corrected chi connectivity index (χ2v) is 10.8. The number of imidazole rings is 1. The van der Waals surface area contributed by atoms with Crippen LogP contribution < -0.4 is 5.46 Å². The van der Waals surface area contributed by atoms with Gasteiger partial charge < -0.3 is 9.31 Å². The van der Waals surface area contributed by atoms with Crippen LogP contribution in [-0.2, 0) is 9.31 Å². The summed E-state index contributed by atoms with van der Waals surface area (Å²) in [5, 5.41) is 3.46. The van der Waals surface area contributed by atoms with E-state index in [0.29, 0.717) is 0 Å². The van der Waals surface area contributed by atoms with Crippen molar-refractivity contribution >= 4 is 50.9 Å². The summed E-state index contributed by atoms with van der Waals surface area (Å²) in [6.07, 6.45) is 0. The summed E-state index contributed by atoms with van der Waals surface area (Å²) >= 11 is 0. The molecule has 0 spiro atoms. The van der Waals surface area contributed by atoms with Crippen LogP contribution in [0, 0.1) is 0 Å². The summed E-state index contributed by atoms with van der Waals surface area (Å²) < 4.78 is 15.1. The second-order valence-electron chi connectivity index (χ2n) is 10.8. The van der Waals surface area contributed by atoms with E-state index < -0.39 is 7.12 Å². The van der Waals surface area contributed by atoms with Crippen LogP contribution in [0.5, 0.6) is 0 Å². The third-order valence-electron chi connectivity index (χ3n) is 8.01. The number of rotatable bonds is 2. The predicted octanol–water partition coefficient (Wildman–Crippen LogP) is 6.76. The third kappa shape index (κ3) is 3.06. The van der Waals surface area contributed by atoms with Gasteiger partial charge in [-0.15, -0.1) is 0 Å². The molecule has 4 nitrogen and oxygen atoms in total. The van der Waals surface area contributed by atoms with Gasteiger partial charge in [-0.2, -0.15) is 0 Å². The molecule has 36 heavy (non-hydrogen) atoms. The fraction of sp³-hybridized carbons (Fsp3) is 0.194. The van der Waals surface area contributed by atoms with Crippen molar-refractivity contribution in [3.63, 3.8) is 0 Å². The van der Waals surface area contributed by atoms with Crippen molar-refractivity contribution in [2.75, 3.05) is 0 Å². The zero-order chi connectivity index (χ0) is 24.7. The molecule has 176 valence electrons. The van der Waals surface area contributed by atoms with E-state index >= 15 is 0 Å². The lowest BCUT2D eigenvalue weighted by atomic mass is 9.78. The van der Waals surface area contributed by atoms with Gasteiger partial charge in [-0.05, 0) is 80.0 Å². The molecule has 1 aliphatic heterocycles. The highest BCUT2D eigenvalue weighted by atomic mass is 16.7. The van der Waals surface area contributed by atoms with Crippen LogP contribution in [0.2, 0.25) is 0 Å². The maximum absolute atomic E-state index is 6.41. The first kappa shape index (κ1) is 21.6. The first-order chi connectivity index (χ1) is 17.3. The Balaban J connectivity index is 1.55. The number of nitrogens with zero attached hydrogens (tertiary/aromatic N) is 2. The Morgan fingerprint density at radius 1 is 0.639 bits per heavy atom. The van der Waals surface area contributed by atoms with Gasteiger partial charge in [-0.25, -0.2) is 4.98 Å². The van der Waals surface area contributed by atoms with Crippen LogP contribution in [-0.4, -0.2) is 27.7 Å². The van der Waals surface area contributed by atoms with E-state index in [-0.39, 0.29) is 11.2 Å². The number of fused-ring (bicyclic) bond motifs is 8. The van der Waals surface area contributed by atoms with Crippen molar-refractivity contribution in [2.24, 2.45) is 0 Å². The van der Waals surface area contributed by atoms with Gasteiger partial charge in [0.25, 0.3) is 0 Å². The molecule has 5 heteroatoms. The normalized spacial score (nSPS) is 17.1. The topological polar surface area (TPSA) is 35.8 Å². The average molecular weight is 470 g/mol. The molecule has 2 aromatic heterocycles. The minimum atomic E-state index is -0.415. The van der Waals surface area contributed by atoms with Crippen molar-refractivity contribution in [1.82, 2.24) is 9.38 Å². The summed E-state index contributed by atoms with van der Waals surface area (Å²) in [5.41, 5.74) is 6.83. The molecular weight excluding hydrogens is 443 g/mol. The maximum atomic E-state index is 6.41. The van der Waals surface area contributed by atoms with Gasteiger partial charge in [0.05, 0.1) is 27.8 Å². The molecule has 0 unspecified atom stereocenters. The first-order valence-corrected chi connectivity index (χ1v) is 12.5. The maximum Gasteiger partial charge on any atom is 0.494 e. The predicted molar refractivity (Wildman–Crippen MR) is 149 cm³/mol. The third-order valence-corrected chi connectivity index (χ3v) is 8.01. The van der Waals surface area contributed by atoms with E-state index in [9.17, 15) is 0 Å². The van der Waals surface area contributed by atoms with Crippen LogP contribution in [0.3, 0.4) is 0 Å². The fourth-order valence-corrected chi connectivity index (χ4v) is 5.31. The number of benzene rings is 4. The second kappa shape index (κ2) is 7.42. The number of pyridine rings is 1. The molecule has 0 N–H and O–H groups in total. The zero-order valence-corrected chi connectivity index (χ0v) is 20.9. The van der Waals surface area contributed by atoms with E-state index in [2.05, 4.69) is 117 Å². The molecule has 0 radical (unpaired) electrons. The van der Waals surface area contributed by atoms with Crippen LogP contribution in [0.25, 0.3) is 49.5 Å². The Kier molecular flexibility index (Phi) is 4.45. The Labute approximate surface area is 210 Å². The van der Waals surface area contributed by atoms with Crippen LogP contribution in [0.15, 0.2) is 91.0 Å². The highest BCUT2D eigenvalue weighted by Gasteiger charge is 2.51. The number of aromatic nitrogens is 2. The quantitative estimate of drug-likeness (QED) is 0.207. The lowest BCUT2D eigenvalue weighted by Crippen LogP contribution is -2.41. The Morgan fingerprint density at radius 2 is 1.36 bits per heavy atom. The summed E-state index contributed by atoms with van der Waals surface area (Å²) in [7, 11) is -0.415. The molecule has 0 atom stereocenters. The summed E-state index contributed by atoms with van der Waals surface area (Å²) in [6.45, 7) is 8.38. The van der Waals surface area contributed by atoms with Gasteiger partial charge in [-0.1, -0.05) is 60.7 Å². The van der Waals surface area contributed by atoms with Gasteiger partial charge in [0, 0.05) is 10.8 Å². The molecule has 4 aromatic carbocycles. The van der Waals surface area contributed by atoms with Gasteiger partial charge in [0.1, 0.15) is 5.65 Å². The summed E-state index contributed by atoms with van der Waals surface area (Å²) in [5.74, 6) is 0. The van der Waals surface area contributed by atoms with E-state index in [0.717, 1.165) is 38.4 Å². The van der Waals surface area contributed by atoms with E-state index in [1.807, 2.05) is 6.07 Å². The Hall–Kier alpha value is -3.67.